The standard InChI is InChI=1S/C19H15Cl2FN8O2/c20-11-1-4-13(5-2-11)31-8-7-17-25-29-30(26-17)10-16-18(28-32-27-16)19(23)24-12-3-6-15(22)14(21)9-12/h1-6,9H,7-8,10H2,(H2,23,24). The Hall–Kier alpha value is -3.57. The van der Waals surface area contributed by atoms with Gasteiger partial charge in [0.25, 0.3) is 0 Å². The van der Waals surface area contributed by atoms with Gasteiger partial charge in [-0.05, 0) is 52.8 Å². The first kappa shape index (κ1) is 21.7. The molecule has 0 unspecified atom stereocenters. The molecule has 2 heterocycles. The van der Waals surface area contributed by atoms with Crippen molar-refractivity contribution >= 4 is 34.7 Å². The number of benzene rings is 2. The van der Waals surface area contributed by atoms with Crippen molar-refractivity contribution < 1.29 is 13.8 Å². The molecule has 2 aromatic heterocycles. The topological polar surface area (TPSA) is 130 Å². The highest BCUT2D eigenvalue weighted by molar-refractivity contribution is 6.31. The van der Waals surface area contributed by atoms with Crippen LogP contribution in [0.15, 0.2) is 52.1 Å². The fraction of sp³-hybridized carbons (Fsp3) is 0.158. The van der Waals surface area contributed by atoms with Crippen molar-refractivity contribution in [2.75, 3.05) is 6.61 Å². The van der Waals surface area contributed by atoms with Gasteiger partial charge in [-0.1, -0.05) is 28.4 Å². The summed E-state index contributed by atoms with van der Waals surface area (Å²) in [5.74, 6) is 0.636. The zero-order chi connectivity index (χ0) is 22.5. The molecule has 0 aliphatic rings. The third-order valence-electron chi connectivity index (χ3n) is 4.15. The van der Waals surface area contributed by atoms with E-state index in [4.69, 9.17) is 38.3 Å². The van der Waals surface area contributed by atoms with Crippen LogP contribution in [0.1, 0.15) is 17.2 Å². The number of nitrogens with zero attached hydrogens (tertiary/aromatic N) is 7. The lowest BCUT2D eigenvalue weighted by Crippen LogP contribution is -2.17. The molecule has 4 rings (SSSR count). The zero-order valence-corrected chi connectivity index (χ0v) is 17.8. The number of ether oxygens (including phenoxy) is 1. The van der Waals surface area contributed by atoms with E-state index in [1.165, 1.54) is 23.0 Å². The number of nitrogens with two attached hydrogens (primary N) is 1. The van der Waals surface area contributed by atoms with Crippen LogP contribution in [0.2, 0.25) is 10.0 Å². The molecule has 0 bridgehead atoms. The zero-order valence-electron chi connectivity index (χ0n) is 16.3. The van der Waals surface area contributed by atoms with Crippen molar-refractivity contribution in [3.63, 3.8) is 0 Å². The van der Waals surface area contributed by atoms with E-state index in [9.17, 15) is 4.39 Å². The lowest BCUT2D eigenvalue weighted by Gasteiger charge is -2.03. The maximum Gasteiger partial charge on any atom is 0.178 e. The molecule has 0 radical (unpaired) electrons. The Morgan fingerprint density at radius 3 is 2.75 bits per heavy atom. The number of halogens is 3. The Morgan fingerprint density at radius 2 is 1.97 bits per heavy atom. The van der Waals surface area contributed by atoms with Gasteiger partial charge in [-0.2, -0.15) is 4.80 Å². The summed E-state index contributed by atoms with van der Waals surface area (Å²) in [6.45, 7) is 0.466. The molecule has 0 saturated carbocycles. The quantitative estimate of drug-likeness (QED) is 0.303. The van der Waals surface area contributed by atoms with Crippen LogP contribution >= 0.6 is 23.2 Å². The van der Waals surface area contributed by atoms with Gasteiger partial charge in [0.2, 0.25) is 0 Å². The molecule has 0 spiro atoms. The van der Waals surface area contributed by atoms with Crippen molar-refractivity contribution in [1.82, 2.24) is 30.5 Å². The number of amidine groups is 1. The third-order valence-corrected chi connectivity index (χ3v) is 4.69. The number of tetrazole rings is 1. The minimum Gasteiger partial charge on any atom is -0.493 e. The lowest BCUT2D eigenvalue weighted by molar-refractivity contribution is 0.300. The van der Waals surface area contributed by atoms with E-state index in [0.717, 1.165) is 0 Å². The second-order valence-corrected chi connectivity index (χ2v) is 7.29. The summed E-state index contributed by atoms with van der Waals surface area (Å²) >= 11 is 11.6. The Morgan fingerprint density at radius 1 is 1.16 bits per heavy atom. The summed E-state index contributed by atoms with van der Waals surface area (Å²) in [6, 6.07) is 11.0. The summed E-state index contributed by atoms with van der Waals surface area (Å²) < 4.78 is 23.7. The Labute approximate surface area is 190 Å². The predicted octanol–water partition coefficient (Wildman–Crippen LogP) is 3.21. The molecular weight excluding hydrogens is 462 g/mol. The largest absolute Gasteiger partial charge is 0.493 e. The number of aliphatic imine (C=N–C) groups is 1. The fourth-order valence-electron chi connectivity index (χ4n) is 2.62. The molecule has 0 aliphatic heterocycles. The van der Waals surface area contributed by atoms with E-state index < -0.39 is 5.82 Å². The summed E-state index contributed by atoms with van der Waals surface area (Å²) in [7, 11) is 0. The van der Waals surface area contributed by atoms with E-state index in [1.807, 2.05) is 0 Å². The van der Waals surface area contributed by atoms with Crippen molar-refractivity contribution in [3.8, 4) is 5.75 Å². The molecule has 164 valence electrons. The number of hydrogen-bond donors (Lipinski definition) is 1. The van der Waals surface area contributed by atoms with Gasteiger partial charge in [0.15, 0.2) is 17.4 Å². The first-order valence-corrected chi connectivity index (χ1v) is 9.99. The molecular formula is C19H15Cl2FN8O2. The lowest BCUT2D eigenvalue weighted by atomic mass is 10.3. The normalized spacial score (nSPS) is 11.7. The van der Waals surface area contributed by atoms with Crippen molar-refractivity contribution in [3.05, 3.63) is 75.5 Å². The van der Waals surface area contributed by atoms with E-state index in [0.29, 0.717) is 41.0 Å². The van der Waals surface area contributed by atoms with Gasteiger partial charge >= 0.3 is 0 Å². The van der Waals surface area contributed by atoms with E-state index >= 15 is 0 Å². The van der Waals surface area contributed by atoms with Crippen molar-refractivity contribution in [1.29, 1.82) is 0 Å². The highest BCUT2D eigenvalue weighted by Crippen LogP contribution is 2.22. The second-order valence-electron chi connectivity index (χ2n) is 6.44. The number of hydrogen-bond acceptors (Lipinski definition) is 8. The molecule has 0 amide bonds. The Balaban J connectivity index is 1.38. The van der Waals surface area contributed by atoms with Gasteiger partial charge in [0.1, 0.15) is 23.8 Å². The predicted molar refractivity (Wildman–Crippen MR) is 114 cm³/mol. The van der Waals surface area contributed by atoms with Crippen LogP contribution in [-0.4, -0.2) is 43.0 Å². The molecule has 2 N–H and O–H groups in total. The number of aromatic nitrogens is 6. The maximum absolute atomic E-state index is 13.3. The average Bonchev–Trinajstić information content (AvgIpc) is 3.42. The summed E-state index contributed by atoms with van der Waals surface area (Å²) in [5, 5.41) is 20.4. The summed E-state index contributed by atoms with van der Waals surface area (Å²) in [4.78, 5) is 5.50. The molecule has 32 heavy (non-hydrogen) atoms. The highest BCUT2D eigenvalue weighted by Gasteiger charge is 2.16. The smallest absolute Gasteiger partial charge is 0.178 e. The van der Waals surface area contributed by atoms with Gasteiger partial charge < -0.3 is 10.5 Å². The Kier molecular flexibility index (Phi) is 6.57. The van der Waals surface area contributed by atoms with Crippen molar-refractivity contribution in [2.24, 2.45) is 10.7 Å². The average molecular weight is 477 g/mol. The SMILES string of the molecule is NC(=Nc1ccc(F)c(Cl)c1)c1nonc1Cn1nnc(CCOc2ccc(Cl)cc2)n1. The van der Waals surface area contributed by atoms with Gasteiger partial charge in [-0.15, -0.1) is 10.2 Å². The van der Waals surface area contributed by atoms with Gasteiger partial charge in [-0.25, -0.2) is 14.0 Å². The fourth-order valence-corrected chi connectivity index (χ4v) is 2.92. The molecule has 2 aromatic carbocycles. The monoisotopic (exact) mass is 476 g/mol. The Bertz CT molecular complexity index is 1240. The van der Waals surface area contributed by atoms with Crippen LogP contribution < -0.4 is 10.5 Å². The minimum atomic E-state index is -0.556. The van der Waals surface area contributed by atoms with Crippen LogP contribution in [0.4, 0.5) is 10.1 Å². The van der Waals surface area contributed by atoms with E-state index in [1.54, 1.807) is 24.3 Å². The summed E-state index contributed by atoms with van der Waals surface area (Å²) in [5.41, 5.74) is 6.91. The molecule has 13 heteroatoms. The number of rotatable bonds is 8. The molecule has 0 atom stereocenters. The summed E-state index contributed by atoms with van der Waals surface area (Å²) in [6.07, 6.45) is 0.446. The molecule has 0 aliphatic carbocycles. The highest BCUT2D eigenvalue weighted by atomic mass is 35.5. The van der Waals surface area contributed by atoms with Crippen LogP contribution in [0, 0.1) is 5.82 Å². The van der Waals surface area contributed by atoms with Gasteiger partial charge in [0, 0.05) is 11.4 Å². The first-order valence-electron chi connectivity index (χ1n) is 9.24. The third kappa shape index (κ3) is 5.37. The molecule has 4 aromatic rings. The van der Waals surface area contributed by atoms with Gasteiger partial charge in [-0.3, -0.25) is 0 Å². The molecule has 10 nitrogen and oxygen atoms in total. The minimum absolute atomic E-state index is 0.0145. The van der Waals surface area contributed by atoms with Crippen molar-refractivity contribution in [2.45, 2.75) is 13.0 Å². The van der Waals surface area contributed by atoms with Gasteiger partial charge in [0.05, 0.1) is 17.3 Å². The van der Waals surface area contributed by atoms with E-state index in [-0.39, 0.29) is 23.1 Å². The molecule has 0 fully saturated rings. The van der Waals surface area contributed by atoms with Crippen LogP contribution in [0.3, 0.4) is 0 Å². The van der Waals surface area contributed by atoms with Crippen LogP contribution in [0.5, 0.6) is 5.75 Å². The van der Waals surface area contributed by atoms with E-state index in [2.05, 4.69) is 30.7 Å². The second kappa shape index (κ2) is 9.71. The van der Waals surface area contributed by atoms with Crippen LogP contribution in [-0.2, 0) is 13.0 Å². The van der Waals surface area contributed by atoms with Crippen LogP contribution in [0.25, 0.3) is 0 Å². The molecule has 0 saturated heterocycles. The first-order chi connectivity index (χ1) is 15.5. The maximum atomic E-state index is 13.3.